The topological polar surface area (TPSA) is 35.5 Å². The van der Waals surface area contributed by atoms with E-state index >= 15 is 0 Å². The van der Waals surface area contributed by atoms with Crippen molar-refractivity contribution in [2.75, 3.05) is 0 Å². The quantitative estimate of drug-likeness (QED) is 0.592. The smallest absolute Gasteiger partial charge is 0.399 e. The first-order valence-electron chi connectivity index (χ1n) is 6.18. The molecular formula is C14H19BO3. The van der Waals surface area contributed by atoms with Crippen molar-refractivity contribution in [1.29, 1.82) is 0 Å². The van der Waals surface area contributed by atoms with Crippen LogP contribution < -0.4 is 5.46 Å². The second-order valence-corrected chi connectivity index (χ2v) is 5.82. The minimum atomic E-state index is -0.408. The fourth-order valence-electron chi connectivity index (χ4n) is 1.91. The molecule has 0 bridgehead atoms. The molecule has 1 heterocycles. The van der Waals surface area contributed by atoms with Crippen molar-refractivity contribution in [3.05, 3.63) is 29.3 Å². The Morgan fingerprint density at radius 1 is 1.11 bits per heavy atom. The molecule has 0 atom stereocenters. The molecule has 1 aromatic carbocycles. The first-order chi connectivity index (χ1) is 8.27. The number of rotatable bonds is 2. The maximum absolute atomic E-state index is 11.0. The number of aryl methyl sites for hydroxylation is 1. The molecule has 0 N–H and O–H groups in total. The van der Waals surface area contributed by atoms with Crippen molar-refractivity contribution in [1.82, 2.24) is 0 Å². The third-order valence-electron chi connectivity index (χ3n) is 3.96. The molecule has 0 spiro atoms. The molecule has 0 amide bonds. The number of hydrogen-bond donors (Lipinski definition) is 0. The predicted molar refractivity (Wildman–Crippen MR) is 72.3 cm³/mol. The Balaban J connectivity index is 2.32. The summed E-state index contributed by atoms with van der Waals surface area (Å²) in [5.74, 6) is 0. The Morgan fingerprint density at radius 2 is 1.67 bits per heavy atom. The second-order valence-electron chi connectivity index (χ2n) is 5.82. The van der Waals surface area contributed by atoms with E-state index in [1.165, 1.54) is 0 Å². The van der Waals surface area contributed by atoms with E-state index in [2.05, 4.69) is 0 Å². The van der Waals surface area contributed by atoms with Gasteiger partial charge < -0.3 is 9.31 Å². The molecular weight excluding hydrogens is 227 g/mol. The zero-order valence-corrected chi connectivity index (χ0v) is 11.6. The fourth-order valence-corrected chi connectivity index (χ4v) is 1.91. The molecule has 4 heteroatoms. The molecule has 1 aliphatic rings. The van der Waals surface area contributed by atoms with Gasteiger partial charge in [0.05, 0.1) is 11.2 Å². The van der Waals surface area contributed by atoms with Crippen molar-refractivity contribution in [2.45, 2.75) is 45.8 Å². The summed E-state index contributed by atoms with van der Waals surface area (Å²) in [6.07, 6.45) is 0.865. The zero-order chi connectivity index (χ0) is 13.6. The van der Waals surface area contributed by atoms with Crippen LogP contribution in [0.2, 0.25) is 0 Å². The maximum Gasteiger partial charge on any atom is 0.494 e. The third kappa shape index (κ3) is 2.11. The van der Waals surface area contributed by atoms with Crippen LogP contribution in [0.25, 0.3) is 0 Å². The molecule has 0 aromatic heterocycles. The summed E-state index contributed by atoms with van der Waals surface area (Å²) in [5.41, 5.74) is 1.82. The van der Waals surface area contributed by atoms with Gasteiger partial charge in [-0.1, -0.05) is 18.2 Å². The molecule has 0 unspecified atom stereocenters. The maximum atomic E-state index is 11.0. The number of hydrogen-bond acceptors (Lipinski definition) is 3. The van der Waals surface area contributed by atoms with E-state index < -0.39 is 7.12 Å². The fraction of sp³-hybridized carbons (Fsp3) is 0.500. The molecule has 1 saturated heterocycles. The normalized spacial score (nSPS) is 21.1. The van der Waals surface area contributed by atoms with E-state index in [4.69, 9.17) is 9.31 Å². The van der Waals surface area contributed by atoms with Gasteiger partial charge in [-0.05, 0) is 45.6 Å². The second kappa shape index (κ2) is 4.21. The Morgan fingerprint density at radius 3 is 2.17 bits per heavy atom. The van der Waals surface area contributed by atoms with Crippen molar-refractivity contribution in [3.63, 3.8) is 0 Å². The minimum Gasteiger partial charge on any atom is -0.399 e. The zero-order valence-electron chi connectivity index (χ0n) is 11.6. The van der Waals surface area contributed by atoms with E-state index in [0.29, 0.717) is 5.56 Å². The third-order valence-corrected chi connectivity index (χ3v) is 3.96. The van der Waals surface area contributed by atoms with Crippen molar-refractivity contribution in [2.24, 2.45) is 0 Å². The lowest BCUT2D eigenvalue weighted by molar-refractivity contribution is 0.00578. The molecule has 0 radical (unpaired) electrons. The van der Waals surface area contributed by atoms with Crippen LogP contribution in [0.1, 0.15) is 43.6 Å². The van der Waals surface area contributed by atoms with Gasteiger partial charge in [0.15, 0.2) is 0 Å². The summed E-state index contributed by atoms with van der Waals surface area (Å²) < 4.78 is 11.9. The van der Waals surface area contributed by atoms with Crippen LogP contribution in [-0.2, 0) is 9.31 Å². The van der Waals surface area contributed by atoms with Crippen molar-refractivity contribution >= 4 is 18.9 Å². The van der Waals surface area contributed by atoms with Gasteiger partial charge in [-0.2, -0.15) is 0 Å². The van der Waals surface area contributed by atoms with Gasteiger partial charge in [-0.3, -0.25) is 4.79 Å². The Bertz CT molecular complexity index is 464. The van der Waals surface area contributed by atoms with Crippen LogP contribution in [0.3, 0.4) is 0 Å². The number of carbonyl (C=O) groups is 1. The van der Waals surface area contributed by atoms with Crippen LogP contribution in [0.5, 0.6) is 0 Å². The summed E-state index contributed by atoms with van der Waals surface area (Å²) in [6, 6.07) is 5.71. The number of carbonyl (C=O) groups excluding carboxylic acids is 1. The van der Waals surface area contributed by atoms with Crippen LogP contribution in [0, 0.1) is 6.92 Å². The van der Waals surface area contributed by atoms with Gasteiger partial charge in [0, 0.05) is 5.56 Å². The number of aldehydes is 1. The molecule has 3 nitrogen and oxygen atoms in total. The summed E-state index contributed by atoms with van der Waals surface area (Å²) >= 11 is 0. The van der Waals surface area contributed by atoms with Crippen LogP contribution in [-0.4, -0.2) is 24.6 Å². The summed E-state index contributed by atoms with van der Waals surface area (Å²) in [5, 5.41) is 0. The molecule has 96 valence electrons. The first-order valence-corrected chi connectivity index (χ1v) is 6.18. The highest BCUT2D eigenvalue weighted by atomic mass is 16.7. The van der Waals surface area contributed by atoms with E-state index in [1.807, 2.05) is 52.8 Å². The van der Waals surface area contributed by atoms with Crippen molar-refractivity contribution < 1.29 is 14.1 Å². The van der Waals surface area contributed by atoms with Gasteiger partial charge in [-0.15, -0.1) is 0 Å². The van der Waals surface area contributed by atoms with E-state index in [1.54, 1.807) is 0 Å². The van der Waals surface area contributed by atoms with Crippen LogP contribution in [0.15, 0.2) is 18.2 Å². The van der Waals surface area contributed by atoms with Gasteiger partial charge in [0.25, 0.3) is 0 Å². The lowest BCUT2D eigenvalue weighted by atomic mass is 9.78. The van der Waals surface area contributed by atoms with E-state index in [9.17, 15) is 4.79 Å². The lowest BCUT2D eigenvalue weighted by Gasteiger charge is -2.32. The SMILES string of the molecule is Cc1ccc(B2OC(C)(C)C(C)(C)O2)cc1C=O. The van der Waals surface area contributed by atoms with Crippen molar-refractivity contribution in [3.8, 4) is 0 Å². The molecule has 1 aromatic rings. The predicted octanol–water partition coefficient (Wildman–Crippen LogP) is 2.11. The highest BCUT2D eigenvalue weighted by Gasteiger charge is 2.51. The molecule has 0 saturated carbocycles. The average molecular weight is 246 g/mol. The summed E-state index contributed by atoms with van der Waals surface area (Å²) in [7, 11) is -0.408. The standard InChI is InChI=1S/C14H19BO3/c1-10-6-7-12(8-11(10)9-16)15-17-13(2,3)14(4,5)18-15/h6-9H,1-5H3. The Labute approximate surface area is 109 Å². The molecule has 0 aliphatic carbocycles. The molecule has 1 aliphatic heterocycles. The molecule has 2 rings (SSSR count). The monoisotopic (exact) mass is 246 g/mol. The number of benzene rings is 1. The minimum absolute atomic E-state index is 0.357. The average Bonchev–Trinajstić information content (AvgIpc) is 2.49. The van der Waals surface area contributed by atoms with E-state index in [-0.39, 0.29) is 11.2 Å². The van der Waals surface area contributed by atoms with Gasteiger partial charge in [-0.25, -0.2) is 0 Å². The van der Waals surface area contributed by atoms with Gasteiger partial charge in [0.2, 0.25) is 0 Å². The first kappa shape index (κ1) is 13.3. The van der Waals surface area contributed by atoms with Gasteiger partial charge in [0.1, 0.15) is 6.29 Å². The Kier molecular flexibility index (Phi) is 3.12. The Hall–Kier alpha value is -1.13. The highest BCUT2D eigenvalue weighted by molar-refractivity contribution is 6.62. The highest BCUT2D eigenvalue weighted by Crippen LogP contribution is 2.36. The lowest BCUT2D eigenvalue weighted by Crippen LogP contribution is -2.41. The van der Waals surface area contributed by atoms with Gasteiger partial charge >= 0.3 is 7.12 Å². The molecule has 18 heavy (non-hydrogen) atoms. The van der Waals surface area contributed by atoms with Crippen LogP contribution in [0.4, 0.5) is 0 Å². The van der Waals surface area contributed by atoms with E-state index in [0.717, 1.165) is 17.3 Å². The summed E-state index contributed by atoms with van der Waals surface area (Å²) in [4.78, 5) is 11.0. The summed E-state index contributed by atoms with van der Waals surface area (Å²) in [6.45, 7) is 9.98. The van der Waals surface area contributed by atoms with Crippen LogP contribution >= 0.6 is 0 Å². The largest absolute Gasteiger partial charge is 0.494 e. The molecule has 1 fully saturated rings.